The molecule has 0 atom stereocenters. The number of hydrogen-bond acceptors (Lipinski definition) is 1. The summed E-state index contributed by atoms with van der Waals surface area (Å²) in [5, 5.41) is 0. The maximum Gasteiger partial charge on any atom is 0.158 e. The molecule has 0 aliphatic heterocycles. The molecule has 0 saturated carbocycles. The first-order valence-electron chi connectivity index (χ1n) is 5.90. The highest BCUT2D eigenvalue weighted by Gasteiger charge is 2.30. The molecule has 0 aromatic rings. The maximum absolute atomic E-state index is 11.6. The van der Waals surface area contributed by atoms with Gasteiger partial charge in [-0.15, -0.1) is 0 Å². The Bertz CT molecular complexity index is 305. The van der Waals surface area contributed by atoms with Gasteiger partial charge in [0.05, 0.1) is 0 Å². The lowest BCUT2D eigenvalue weighted by molar-refractivity contribution is -0.116. The second-order valence-corrected chi connectivity index (χ2v) is 5.04. The summed E-state index contributed by atoms with van der Waals surface area (Å²) in [5.41, 5.74) is 2.38. The lowest BCUT2D eigenvalue weighted by Crippen LogP contribution is -2.24. The molecule has 0 fully saturated rings. The monoisotopic (exact) mass is 206 g/mol. The fourth-order valence-corrected chi connectivity index (χ4v) is 2.12. The van der Waals surface area contributed by atoms with E-state index in [4.69, 9.17) is 0 Å². The Labute approximate surface area is 93.3 Å². The van der Waals surface area contributed by atoms with E-state index in [2.05, 4.69) is 32.9 Å². The molecule has 0 aromatic heterocycles. The number of unbranched alkanes of at least 4 members (excludes halogenated alkanes) is 1. The standard InChI is InChI=1S/C14H22O/c1-5-6-7-8-12-11(2)13(15)9-10-14(12,3)4/h7-8H,5-6,9-10H2,1-4H3. The van der Waals surface area contributed by atoms with Gasteiger partial charge in [0.2, 0.25) is 0 Å². The highest BCUT2D eigenvalue weighted by Crippen LogP contribution is 2.39. The predicted molar refractivity (Wildman–Crippen MR) is 64.8 cm³/mol. The molecule has 0 heterocycles. The summed E-state index contributed by atoms with van der Waals surface area (Å²) in [7, 11) is 0. The van der Waals surface area contributed by atoms with Crippen molar-refractivity contribution in [2.45, 2.75) is 53.4 Å². The van der Waals surface area contributed by atoms with Crippen molar-refractivity contribution < 1.29 is 4.79 Å². The summed E-state index contributed by atoms with van der Waals surface area (Å²) in [6.45, 7) is 8.60. The van der Waals surface area contributed by atoms with Gasteiger partial charge in [0.1, 0.15) is 0 Å². The van der Waals surface area contributed by atoms with Crippen molar-refractivity contribution >= 4 is 5.78 Å². The zero-order valence-corrected chi connectivity index (χ0v) is 10.4. The molecule has 1 nitrogen and oxygen atoms in total. The number of Topliss-reactive ketones (excluding diaryl/α,β-unsaturated/α-hetero) is 1. The third-order valence-electron chi connectivity index (χ3n) is 3.27. The zero-order valence-electron chi connectivity index (χ0n) is 10.4. The van der Waals surface area contributed by atoms with Crippen LogP contribution in [0.25, 0.3) is 0 Å². The first-order valence-corrected chi connectivity index (χ1v) is 5.90. The van der Waals surface area contributed by atoms with Crippen LogP contribution in [0.5, 0.6) is 0 Å². The Hall–Kier alpha value is -0.850. The third kappa shape index (κ3) is 2.80. The van der Waals surface area contributed by atoms with Gasteiger partial charge in [-0.2, -0.15) is 0 Å². The number of carbonyl (C=O) groups is 1. The molecule has 0 radical (unpaired) electrons. The lowest BCUT2D eigenvalue weighted by atomic mass is 9.72. The van der Waals surface area contributed by atoms with Crippen LogP contribution < -0.4 is 0 Å². The molecule has 0 aromatic carbocycles. The zero-order chi connectivity index (χ0) is 11.5. The molecular formula is C14H22O. The van der Waals surface area contributed by atoms with E-state index in [9.17, 15) is 4.79 Å². The SMILES string of the molecule is CCCC=CC1=C(C)C(=O)CCC1(C)C. The van der Waals surface area contributed by atoms with Crippen molar-refractivity contribution in [1.82, 2.24) is 0 Å². The minimum absolute atomic E-state index is 0.169. The van der Waals surface area contributed by atoms with Gasteiger partial charge < -0.3 is 0 Å². The van der Waals surface area contributed by atoms with Crippen molar-refractivity contribution in [2.75, 3.05) is 0 Å². The Morgan fingerprint density at radius 3 is 2.67 bits per heavy atom. The van der Waals surface area contributed by atoms with E-state index in [0.29, 0.717) is 12.2 Å². The summed E-state index contributed by atoms with van der Waals surface area (Å²) < 4.78 is 0. The predicted octanol–water partition coefficient (Wildman–Crippen LogP) is 4.05. The van der Waals surface area contributed by atoms with E-state index in [1.165, 1.54) is 5.57 Å². The van der Waals surface area contributed by atoms with Crippen LogP contribution in [0.4, 0.5) is 0 Å². The van der Waals surface area contributed by atoms with Crippen LogP contribution in [0, 0.1) is 5.41 Å². The number of ketones is 1. The Kier molecular flexibility index (Phi) is 3.90. The van der Waals surface area contributed by atoms with Gasteiger partial charge in [-0.3, -0.25) is 4.79 Å². The molecule has 1 aliphatic carbocycles. The second kappa shape index (κ2) is 4.78. The molecule has 1 aliphatic rings. The molecule has 0 unspecified atom stereocenters. The van der Waals surface area contributed by atoms with Gasteiger partial charge in [-0.1, -0.05) is 39.3 Å². The summed E-state index contributed by atoms with van der Waals surface area (Å²) in [5.74, 6) is 0.325. The van der Waals surface area contributed by atoms with E-state index >= 15 is 0 Å². The first-order chi connectivity index (χ1) is 6.99. The van der Waals surface area contributed by atoms with Gasteiger partial charge in [0.25, 0.3) is 0 Å². The average molecular weight is 206 g/mol. The van der Waals surface area contributed by atoms with E-state index in [1.54, 1.807) is 0 Å². The van der Waals surface area contributed by atoms with Gasteiger partial charge in [-0.25, -0.2) is 0 Å². The van der Waals surface area contributed by atoms with E-state index in [-0.39, 0.29) is 5.41 Å². The van der Waals surface area contributed by atoms with Crippen LogP contribution in [-0.2, 0) is 4.79 Å². The molecule has 0 spiro atoms. The molecule has 1 heteroatoms. The normalized spacial score (nSPS) is 21.5. The van der Waals surface area contributed by atoms with Crippen molar-refractivity contribution in [3.8, 4) is 0 Å². The summed E-state index contributed by atoms with van der Waals surface area (Å²) in [4.78, 5) is 11.6. The van der Waals surface area contributed by atoms with Crippen LogP contribution in [0.2, 0.25) is 0 Å². The van der Waals surface area contributed by atoms with Crippen LogP contribution in [-0.4, -0.2) is 5.78 Å². The largest absolute Gasteiger partial charge is 0.295 e. The second-order valence-electron chi connectivity index (χ2n) is 5.04. The van der Waals surface area contributed by atoms with Crippen LogP contribution >= 0.6 is 0 Å². The number of carbonyl (C=O) groups excluding carboxylic acids is 1. The van der Waals surface area contributed by atoms with Crippen LogP contribution in [0.1, 0.15) is 53.4 Å². The van der Waals surface area contributed by atoms with E-state index in [1.807, 2.05) is 6.92 Å². The molecule has 84 valence electrons. The maximum atomic E-state index is 11.6. The first kappa shape index (κ1) is 12.2. The smallest absolute Gasteiger partial charge is 0.158 e. The minimum atomic E-state index is 0.169. The van der Waals surface area contributed by atoms with Crippen molar-refractivity contribution in [2.24, 2.45) is 5.41 Å². The summed E-state index contributed by atoms with van der Waals surface area (Å²) in [6, 6.07) is 0. The highest BCUT2D eigenvalue weighted by molar-refractivity contribution is 5.97. The van der Waals surface area contributed by atoms with Gasteiger partial charge in [0, 0.05) is 6.42 Å². The van der Waals surface area contributed by atoms with Crippen molar-refractivity contribution in [1.29, 1.82) is 0 Å². The molecular weight excluding hydrogens is 184 g/mol. The Morgan fingerprint density at radius 1 is 1.40 bits per heavy atom. The quantitative estimate of drug-likeness (QED) is 0.681. The minimum Gasteiger partial charge on any atom is -0.295 e. The fraction of sp³-hybridized carbons (Fsp3) is 0.643. The number of allylic oxidation sites excluding steroid dienone is 4. The molecule has 1 rings (SSSR count). The average Bonchev–Trinajstić information content (AvgIpc) is 2.18. The van der Waals surface area contributed by atoms with Crippen molar-refractivity contribution in [3.63, 3.8) is 0 Å². The van der Waals surface area contributed by atoms with E-state index < -0.39 is 0 Å². The molecule has 0 amide bonds. The highest BCUT2D eigenvalue weighted by atomic mass is 16.1. The topological polar surface area (TPSA) is 17.1 Å². The molecule has 0 N–H and O–H groups in total. The van der Waals surface area contributed by atoms with Crippen molar-refractivity contribution in [3.05, 3.63) is 23.3 Å². The lowest BCUT2D eigenvalue weighted by Gasteiger charge is -2.32. The Morgan fingerprint density at radius 2 is 2.07 bits per heavy atom. The Balaban J connectivity index is 2.96. The van der Waals surface area contributed by atoms with Gasteiger partial charge >= 0.3 is 0 Å². The van der Waals surface area contributed by atoms with Crippen LogP contribution in [0.3, 0.4) is 0 Å². The van der Waals surface area contributed by atoms with Crippen LogP contribution in [0.15, 0.2) is 23.3 Å². The van der Waals surface area contributed by atoms with E-state index in [0.717, 1.165) is 24.8 Å². The third-order valence-corrected chi connectivity index (χ3v) is 3.27. The fourth-order valence-electron chi connectivity index (χ4n) is 2.12. The summed E-state index contributed by atoms with van der Waals surface area (Å²) in [6.07, 6.45) is 8.31. The molecule has 0 saturated heterocycles. The van der Waals surface area contributed by atoms with Gasteiger partial charge in [0.15, 0.2) is 5.78 Å². The molecule has 15 heavy (non-hydrogen) atoms. The molecule has 0 bridgehead atoms. The summed E-state index contributed by atoms with van der Waals surface area (Å²) >= 11 is 0. The van der Waals surface area contributed by atoms with Gasteiger partial charge in [-0.05, 0) is 36.3 Å². The number of hydrogen-bond donors (Lipinski definition) is 0. The number of rotatable bonds is 3.